The van der Waals surface area contributed by atoms with Gasteiger partial charge in [-0.2, -0.15) is 0 Å². The minimum absolute atomic E-state index is 0.117. The lowest BCUT2D eigenvalue weighted by Gasteiger charge is -2.13. The number of anilines is 1. The number of likely N-dealkylation sites (N-methyl/N-ethyl adjacent to an activating group) is 1. The molecule has 7 heteroatoms. The molecule has 1 aromatic heterocycles. The highest BCUT2D eigenvalue weighted by molar-refractivity contribution is 5.77. The summed E-state index contributed by atoms with van der Waals surface area (Å²) in [6, 6.07) is 1.08. The van der Waals surface area contributed by atoms with Crippen molar-refractivity contribution in [3.05, 3.63) is 17.8 Å². The van der Waals surface area contributed by atoms with E-state index >= 15 is 0 Å². The highest BCUT2D eigenvalue weighted by Crippen LogP contribution is 2.28. The van der Waals surface area contributed by atoms with E-state index in [4.69, 9.17) is 10.5 Å². The molecule has 0 aliphatic heterocycles. The van der Waals surface area contributed by atoms with Gasteiger partial charge in [-0.15, -0.1) is 0 Å². The summed E-state index contributed by atoms with van der Waals surface area (Å²) in [5.74, 6) is -0.617. The first-order chi connectivity index (χ1) is 7.91. The maximum atomic E-state index is 12.6. The lowest BCUT2D eigenvalue weighted by molar-refractivity contribution is -0.130. The summed E-state index contributed by atoms with van der Waals surface area (Å²) in [5, 5.41) is 0. The summed E-state index contributed by atoms with van der Waals surface area (Å²) in [6.07, 6.45) is -1.56. The Morgan fingerprint density at radius 2 is 2.24 bits per heavy atom. The molecule has 0 radical (unpaired) electrons. The van der Waals surface area contributed by atoms with Gasteiger partial charge in [0.2, 0.25) is 5.88 Å². The van der Waals surface area contributed by atoms with E-state index in [2.05, 4.69) is 4.98 Å². The fourth-order valence-electron chi connectivity index (χ4n) is 1.02. The molecular weight excluding hydrogens is 232 g/mol. The summed E-state index contributed by atoms with van der Waals surface area (Å²) in [6.45, 7) is -0.344. The Bertz CT molecular complexity index is 411. The first kappa shape index (κ1) is 13.1. The van der Waals surface area contributed by atoms with Gasteiger partial charge in [-0.25, -0.2) is 13.8 Å². The molecular formula is C10H13F2N3O2. The average molecular weight is 245 g/mol. The first-order valence-corrected chi connectivity index (χ1v) is 4.78. The normalized spacial score (nSPS) is 10.4. The summed E-state index contributed by atoms with van der Waals surface area (Å²) < 4.78 is 30.2. The monoisotopic (exact) mass is 245 g/mol. The lowest BCUT2D eigenvalue weighted by Crippen LogP contribution is -2.27. The van der Waals surface area contributed by atoms with Crippen molar-refractivity contribution < 1.29 is 18.3 Å². The molecule has 0 atom stereocenters. The molecule has 1 heterocycles. The number of pyridine rings is 1. The third-order valence-electron chi connectivity index (χ3n) is 1.97. The van der Waals surface area contributed by atoms with Crippen molar-refractivity contribution in [3.8, 4) is 5.88 Å². The number of carbonyl (C=O) groups excluding carboxylic acids is 1. The quantitative estimate of drug-likeness (QED) is 0.861. The van der Waals surface area contributed by atoms with Gasteiger partial charge in [0.1, 0.15) is 0 Å². The zero-order valence-electron chi connectivity index (χ0n) is 9.48. The SMILES string of the molecule is CN(C)C(=O)COc1ncc(N)cc1C(F)F. The van der Waals surface area contributed by atoms with Crippen LogP contribution in [0.3, 0.4) is 0 Å². The third kappa shape index (κ3) is 3.54. The van der Waals surface area contributed by atoms with E-state index in [1.165, 1.54) is 25.2 Å². The summed E-state index contributed by atoms with van der Waals surface area (Å²) in [5.41, 5.74) is 5.04. The van der Waals surface area contributed by atoms with Crippen molar-refractivity contribution in [2.24, 2.45) is 0 Å². The number of aromatic nitrogens is 1. The minimum atomic E-state index is -2.75. The van der Waals surface area contributed by atoms with Gasteiger partial charge in [0.05, 0.1) is 17.4 Å². The Labute approximate surface area is 97.2 Å². The maximum absolute atomic E-state index is 12.6. The molecule has 1 amide bonds. The van der Waals surface area contributed by atoms with Gasteiger partial charge >= 0.3 is 0 Å². The molecule has 5 nitrogen and oxygen atoms in total. The average Bonchev–Trinajstić information content (AvgIpc) is 2.26. The van der Waals surface area contributed by atoms with Crippen molar-refractivity contribution in [1.82, 2.24) is 9.88 Å². The predicted molar refractivity (Wildman–Crippen MR) is 57.8 cm³/mol. The van der Waals surface area contributed by atoms with Crippen molar-refractivity contribution in [3.63, 3.8) is 0 Å². The fourth-order valence-corrected chi connectivity index (χ4v) is 1.02. The molecule has 2 N–H and O–H groups in total. The number of nitrogens with zero attached hydrogens (tertiary/aromatic N) is 2. The van der Waals surface area contributed by atoms with Crippen molar-refractivity contribution >= 4 is 11.6 Å². The van der Waals surface area contributed by atoms with Gasteiger partial charge in [0.15, 0.2) is 6.61 Å². The Hall–Kier alpha value is -1.92. The predicted octanol–water partition coefficient (Wildman–Crippen LogP) is 1.07. The molecule has 0 aliphatic rings. The highest BCUT2D eigenvalue weighted by atomic mass is 19.3. The van der Waals surface area contributed by atoms with E-state index in [0.29, 0.717) is 0 Å². The zero-order valence-corrected chi connectivity index (χ0v) is 9.48. The van der Waals surface area contributed by atoms with Crippen LogP contribution in [0.1, 0.15) is 12.0 Å². The van der Waals surface area contributed by atoms with Gasteiger partial charge in [0.25, 0.3) is 12.3 Å². The zero-order chi connectivity index (χ0) is 13.0. The standard InChI is InChI=1S/C10H13F2N3O2/c1-15(2)8(16)5-17-10-7(9(11)12)3-6(13)4-14-10/h3-4,9H,5,13H2,1-2H3. The largest absolute Gasteiger partial charge is 0.467 e. The van der Waals surface area contributed by atoms with Crippen LogP contribution in [0, 0.1) is 0 Å². The van der Waals surface area contributed by atoms with E-state index in [1.807, 2.05) is 0 Å². The number of halogens is 2. The van der Waals surface area contributed by atoms with Gasteiger partial charge in [0, 0.05) is 14.1 Å². The number of amides is 1. The maximum Gasteiger partial charge on any atom is 0.269 e. The molecule has 0 saturated carbocycles. The molecule has 0 fully saturated rings. The summed E-state index contributed by atoms with van der Waals surface area (Å²) in [7, 11) is 3.08. The molecule has 0 spiro atoms. The number of nitrogens with two attached hydrogens (primary N) is 1. The Balaban J connectivity index is 2.80. The van der Waals surface area contributed by atoms with Crippen LogP contribution in [0.5, 0.6) is 5.88 Å². The van der Waals surface area contributed by atoms with Crippen LogP contribution in [0.2, 0.25) is 0 Å². The van der Waals surface area contributed by atoms with Crippen molar-refractivity contribution in [2.45, 2.75) is 6.43 Å². The second kappa shape index (κ2) is 5.42. The Kier molecular flexibility index (Phi) is 4.19. The van der Waals surface area contributed by atoms with Crippen LogP contribution < -0.4 is 10.5 Å². The number of rotatable bonds is 4. The van der Waals surface area contributed by atoms with Crippen LogP contribution in [0.4, 0.5) is 14.5 Å². The van der Waals surface area contributed by atoms with Crippen LogP contribution in [0.25, 0.3) is 0 Å². The molecule has 0 unspecified atom stereocenters. The molecule has 1 aromatic rings. The first-order valence-electron chi connectivity index (χ1n) is 4.78. The lowest BCUT2D eigenvalue weighted by atomic mass is 10.2. The summed E-state index contributed by atoms with van der Waals surface area (Å²) >= 11 is 0. The van der Waals surface area contributed by atoms with Gasteiger partial charge in [-0.1, -0.05) is 0 Å². The topological polar surface area (TPSA) is 68.5 Å². The van der Waals surface area contributed by atoms with Gasteiger partial charge in [-0.3, -0.25) is 4.79 Å². The molecule has 1 rings (SSSR count). The Morgan fingerprint density at radius 3 is 2.76 bits per heavy atom. The van der Waals surface area contributed by atoms with E-state index in [-0.39, 0.29) is 24.1 Å². The van der Waals surface area contributed by atoms with E-state index in [9.17, 15) is 13.6 Å². The fraction of sp³-hybridized carbons (Fsp3) is 0.400. The minimum Gasteiger partial charge on any atom is -0.467 e. The second-order valence-corrected chi connectivity index (χ2v) is 3.54. The molecule has 0 aromatic carbocycles. The van der Waals surface area contributed by atoms with Crippen LogP contribution >= 0.6 is 0 Å². The molecule has 0 saturated heterocycles. The smallest absolute Gasteiger partial charge is 0.269 e. The van der Waals surface area contributed by atoms with Crippen LogP contribution in [-0.4, -0.2) is 36.5 Å². The van der Waals surface area contributed by atoms with Crippen LogP contribution in [-0.2, 0) is 4.79 Å². The number of ether oxygens (including phenoxy) is 1. The number of carbonyl (C=O) groups is 1. The Morgan fingerprint density at radius 1 is 1.59 bits per heavy atom. The molecule has 94 valence electrons. The summed E-state index contributed by atoms with van der Waals surface area (Å²) in [4.78, 5) is 16.1. The van der Waals surface area contributed by atoms with Crippen LogP contribution in [0.15, 0.2) is 12.3 Å². The second-order valence-electron chi connectivity index (χ2n) is 3.54. The molecule has 17 heavy (non-hydrogen) atoms. The molecule has 0 bridgehead atoms. The van der Waals surface area contributed by atoms with Gasteiger partial charge in [-0.05, 0) is 6.07 Å². The van der Waals surface area contributed by atoms with E-state index in [0.717, 1.165) is 6.07 Å². The number of hydrogen-bond donors (Lipinski definition) is 1. The van der Waals surface area contributed by atoms with Gasteiger partial charge < -0.3 is 15.4 Å². The number of nitrogen functional groups attached to an aromatic ring is 1. The molecule has 0 aliphatic carbocycles. The highest BCUT2D eigenvalue weighted by Gasteiger charge is 2.17. The van der Waals surface area contributed by atoms with Crippen molar-refractivity contribution in [2.75, 3.05) is 26.4 Å². The van der Waals surface area contributed by atoms with E-state index in [1.54, 1.807) is 0 Å². The van der Waals surface area contributed by atoms with Crippen molar-refractivity contribution in [1.29, 1.82) is 0 Å². The number of hydrogen-bond acceptors (Lipinski definition) is 4. The third-order valence-corrected chi connectivity index (χ3v) is 1.97. The van der Waals surface area contributed by atoms with E-state index < -0.39 is 12.0 Å². The number of alkyl halides is 2.